The summed E-state index contributed by atoms with van der Waals surface area (Å²) in [4.78, 5) is 16.0. The third kappa shape index (κ3) is 2.99. The summed E-state index contributed by atoms with van der Waals surface area (Å²) in [6, 6.07) is 2.73. The Morgan fingerprint density at radius 2 is 2.16 bits per heavy atom. The lowest BCUT2D eigenvalue weighted by Gasteiger charge is -2.18. The third-order valence-corrected chi connectivity index (χ3v) is 3.60. The van der Waals surface area contributed by atoms with Gasteiger partial charge in [0, 0.05) is 17.6 Å². The van der Waals surface area contributed by atoms with Crippen molar-refractivity contribution < 1.29 is 23.1 Å². The Bertz CT molecular complexity index is 507. The Balaban J connectivity index is 2.25. The fourth-order valence-electron chi connectivity index (χ4n) is 1.98. The van der Waals surface area contributed by atoms with E-state index < -0.39 is 23.8 Å². The summed E-state index contributed by atoms with van der Waals surface area (Å²) in [6.45, 7) is 0.574. The highest BCUT2D eigenvalue weighted by atomic mass is 79.9. The Hall–Kier alpha value is -1.31. The number of aliphatic carboxylic acids is 1. The molecule has 1 N–H and O–H groups in total. The van der Waals surface area contributed by atoms with E-state index in [-0.39, 0.29) is 16.8 Å². The molecule has 1 aliphatic heterocycles. The zero-order valence-electron chi connectivity index (χ0n) is 9.62. The maximum atomic E-state index is 12.7. The predicted molar refractivity (Wildman–Crippen MR) is 64.9 cm³/mol. The number of halogens is 4. The van der Waals surface area contributed by atoms with Crippen molar-refractivity contribution in [2.75, 3.05) is 18.0 Å². The summed E-state index contributed by atoms with van der Waals surface area (Å²) in [5.41, 5.74) is -0.997. The average Bonchev–Trinajstić information content (AvgIpc) is 2.77. The highest BCUT2D eigenvalue weighted by Crippen LogP contribution is 2.35. The van der Waals surface area contributed by atoms with Gasteiger partial charge in [0.05, 0.1) is 5.92 Å². The molecule has 0 saturated carbocycles. The molecule has 4 nitrogen and oxygen atoms in total. The molecule has 0 amide bonds. The van der Waals surface area contributed by atoms with E-state index in [1.54, 1.807) is 4.90 Å². The van der Waals surface area contributed by atoms with Crippen molar-refractivity contribution in [1.29, 1.82) is 0 Å². The Labute approximate surface area is 115 Å². The van der Waals surface area contributed by atoms with Gasteiger partial charge in [0.25, 0.3) is 0 Å². The van der Waals surface area contributed by atoms with Gasteiger partial charge >= 0.3 is 12.1 Å². The lowest BCUT2D eigenvalue weighted by atomic mass is 10.1. The van der Waals surface area contributed by atoms with Gasteiger partial charge in [0.1, 0.15) is 5.82 Å². The van der Waals surface area contributed by atoms with Crippen LogP contribution in [0.15, 0.2) is 16.6 Å². The lowest BCUT2D eigenvalue weighted by molar-refractivity contribution is -0.142. The van der Waals surface area contributed by atoms with Gasteiger partial charge in [-0.1, -0.05) is 0 Å². The molecule has 2 heterocycles. The molecule has 0 spiro atoms. The van der Waals surface area contributed by atoms with Crippen LogP contribution in [-0.2, 0) is 11.0 Å². The summed E-state index contributed by atoms with van der Waals surface area (Å²) < 4.78 is 38.0. The third-order valence-electron chi connectivity index (χ3n) is 2.96. The maximum Gasteiger partial charge on any atom is 0.434 e. The molecule has 1 aliphatic rings. The van der Waals surface area contributed by atoms with Crippen molar-refractivity contribution >= 4 is 27.7 Å². The number of carbonyl (C=O) groups is 1. The Morgan fingerprint density at radius 3 is 2.68 bits per heavy atom. The van der Waals surface area contributed by atoms with Crippen LogP contribution in [0.1, 0.15) is 12.1 Å². The average molecular weight is 339 g/mol. The number of carboxylic acid groups (broad SMARTS) is 1. The van der Waals surface area contributed by atoms with Gasteiger partial charge in [0.2, 0.25) is 0 Å². The number of hydrogen-bond acceptors (Lipinski definition) is 3. The van der Waals surface area contributed by atoms with E-state index in [0.717, 1.165) is 0 Å². The van der Waals surface area contributed by atoms with E-state index in [1.807, 2.05) is 0 Å². The first-order chi connectivity index (χ1) is 8.79. The molecule has 1 saturated heterocycles. The molecule has 0 aliphatic carbocycles. The molecule has 0 radical (unpaired) electrons. The first-order valence-electron chi connectivity index (χ1n) is 5.50. The minimum Gasteiger partial charge on any atom is -0.481 e. The number of alkyl halides is 3. The van der Waals surface area contributed by atoms with Crippen LogP contribution in [0.5, 0.6) is 0 Å². The molecular formula is C11H10BrF3N2O2. The lowest BCUT2D eigenvalue weighted by Crippen LogP contribution is -2.24. The zero-order chi connectivity index (χ0) is 14.2. The van der Waals surface area contributed by atoms with Gasteiger partial charge in [-0.25, -0.2) is 4.98 Å². The zero-order valence-corrected chi connectivity index (χ0v) is 11.2. The number of hydrogen-bond donors (Lipinski definition) is 1. The van der Waals surface area contributed by atoms with Gasteiger partial charge in [-0.2, -0.15) is 13.2 Å². The number of carboxylic acids is 1. The highest BCUT2D eigenvalue weighted by Gasteiger charge is 2.36. The van der Waals surface area contributed by atoms with E-state index in [2.05, 4.69) is 20.9 Å². The van der Waals surface area contributed by atoms with Crippen LogP contribution in [-0.4, -0.2) is 29.1 Å². The summed E-state index contributed by atoms with van der Waals surface area (Å²) in [7, 11) is 0. The predicted octanol–water partition coefficient (Wildman–Crippen LogP) is 2.77. The molecule has 104 valence electrons. The number of aromatic nitrogens is 1. The van der Waals surface area contributed by atoms with E-state index >= 15 is 0 Å². The van der Waals surface area contributed by atoms with Crippen LogP contribution in [0.3, 0.4) is 0 Å². The molecule has 2 rings (SSSR count). The van der Waals surface area contributed by atoms with E-state index in [0.29, 0.717) is 13.0 Å². The second kappa shape index (κ2) is 4.99. The van der Waals surface area contributed by atoms with Crippen LogP contribution in [0.4, 0.5) is 19.0 Å². The van der Waals surface area contributed by atoms with Crippen molar-refractivity contribution in [2.45, 2.75) is 12.6 Å². The number of rotatable bonds is 2. The van der Waals surface area contributed by atoms with Gasteiger partial charge in [-0.15, -0.1) is 0 Å². The summed E-state index contributed by atoms with van der Waals surface area (Å²) in [5, 5.41) is 8.87. The standard InChI is InChI=1S/C11H10BrF3N2O2/c12-7-1-2-8(16-9(7)11(13,14)15)17-4-3-6(5-17)10(18)19/h1-2,6H,3-5H2,(H,18,19). The minimum absolute atomic E-state index is 0.127. The first-order valence-corrected chi connectivity index (χ1v) is 6.30. The van der Waals surface area contributed by atoms with Crippen LogP contribution in [0, 0.1) is 5.92 Å². The molecular weight excluding hydrogens is 329 g/mol. The molecule has 8 heteroatoms. The SMILES string of the molecule is O=C(O)C1CCN(c2ccc(Br)c(C(F)(F)F)n2)C1. The summed E-state index contributed by atoms with van der Waals surface area (Å²) >= 11 is 2.81. The van der Waals surface area contributed by atoms with Crippen LogP contribution < -0.4 is 4.90 Å². The van der Waals surface area contributed by atoms with Crippen molar-refractivity contribution in [2.24, 2.45) is 5.92 Å². The molecule has 1 aromatic heterocycles. The molecule has 1 fully saturated rings. The van der Waals surface area contributed by atoms with Crippen molar-refractivity contribution in [3.63, 3.8) is 0 Å². The molecule has 1 aromatic rings. The number of anilines is 1. The van der Waals surface area contributed by atoms with Gasteiger partial charge < -0.3 is 10.0 Å². The maximum absolute atomic E-state index is 12.7. The number of pyridine rings is 1. The van der Waals surface area contributed by atoms with E-state index in [1.165, 1.54) is 12.1 Å². The second-order valence-electron chi connectivity index (χ2n) is 4.27. The molecule has 0 bridgehead atoms. The van der Waals surface area contributed by atoms with E-state index in [9.17, 15) is 18.0 Å². The molecule has 1 unspecified atom stereocenters. The van der Waals surface area contributed by atoms with Gasteiger partial charge in [0.15, 0.2) is 5.69 Å². The highest BCUT2D eigenvalue weighted by molar-refractivity contribution is 9.10. The van der Waals surface area contributed by atoms with E-state index in [4.69, 9.17) is 5.11 Å². The van der Waals surface area contributed by atoms with Gasteiger partial charge in [-0.05, 0) is 34.5 Å². The first kappa shape index (κ1) is 14.1. The smallest absolute Gasteiger partial charge is 0.434 e. The minimum atomic E-state index is -4.54. The topological polar surface area (TPSA) is 53.4 Å². The Kier molecular flexibility index (Phi) is 3.71. The normalized spacial score (nSPS) is 19.8. The fourth-order valence-corrected chi connectivity index (χ4v) is 2.42. The molecule has 1 atom stereocenters. The second-order valence-corrected chi connectivity index (χ2v) is 5.12. The number of nitrogens with zero attached hydrogens (tertiary/aromatic N) is 2. The monoisotopic (exact) mass is 338 g/mol. The largest absolute Gasteiger partial charge is 0.481 e. The Morgan fingerprint density at radius 1 is 1.47 bits per heavy atom. The molecule has 19 heavy (non-hydrogen) atoms. The summed E-state index contributed by atoms with van der Waals surface area (Å²) in [5.74, 6) is -1.34. The van der Waals surface area contributed by atoms with Gasteiger partial charge in [-0.3, -0.25) is 4.79 Å². The molecule has 0 aromatic carbocycles. The van der Waals surface area contributed by atoms with Crippen LogP contribution >= 0.6 is 15.9 Å². The van der Waals surface area contributed by atoms with Crippen LogP contribution in [0.25, 0.3) is 0 Å². The van der Waals surface area contributed by atoms with Crippen molar-refractivity contribution in [1.82, 2.24) is 4.98 Å². The quantitative estimate of drug-likeness (QED) is 0.900. The van der Waals surface area contributed by atoms with Crippen LogP contribution in [0.2, 0.25) is 0 Å². The fraction of sp³-hybridized carbons (Fsp3) is 0.455. The van der Waals surface area contributed by atoms with Crippen molar-refractivity contribution in [3.05, 3.63) is 22.3 Å². The summed E-state index contributed by atoms with van der Waals surface area (Å²) in [6.07, 6.45) is -4.13. The van der Waals surface area contributed by atoms with Crippen molar-refractivity contribution in [3.8, 4) is 0 Å².